The van der Waals surface area contributed by atoms with E-state index in [1.807, 2.05) is 0 Å². The van der Waals surface area contributed by atoms with E-state index in [4.69, 9.17) is 10.5 Å². The van der Waals surface area contributed by atoms with Crippen molar-refractivity contribution in [1.29, 1.82) is 0 Å². The van der Waals surface area contributed by atoms with Gasteiger partial charge in [-0.1, -0.05) is 0 Å². The fourth-order valence-corrected chi connectivity index (χ4v) is 2.15. The number of nitrogens with two attached hydrogens (primary N) is 1. The third kappa shape index (κ3) is 3.77. The van der Waals surface area contributed by atoms with E-state index < -0.39 is 22.7 Å². The van der Waals surface area contributed by atoms with E-state index in [0.29, 0.717) is 0 Å². The van der Waals surface area contributed by atoms with E-state index in [1.165, 1.54) is 17.9 Å². The Labute approximate surface area is 102 Å². The molecule has 0 saturated heterocycles. The van der Waals surface area contributed by atoms with E-state index in [2.05, 4.69) is 0 Å². The Kier molecular flexibility index (Phi) is 4.07. The molecule has 5 nitrogen and oxygen atoms in total. The van der Waals surface area contributed by atoms with E-state index in [9.17, 15) is 21.6 Å². The maximum atomic E-state index is 11.9. The Morgan fingerprint density at radius 2 is 2.00 bits per heavy atom. The van der Waals surface area contributed by atoms with Crippen LogP contribution in [0.4, 0.5) is 18.9 Å². The molecule has 3 N–H and O–H groups in total. The molecule has 0 aliphatic heterocycles. The van der Waals surface area contributed by atoms with Crippen LogP contribution in [-0.4, -0.2) is 28.2 Å². The van der Waals surface area contributed by atoms with Crippen LogP contribution in [0.5, 0.6) is 5.75 Å². The second kappa shape index (κ2) is 5.02. The van der Waals surface area contributed by atoms with Crippen LogP contribution in [0.1, 0.15) is 0 Å². The summed E-state index contributed by atoms with van der Waals surface area (Å²) in [7, 11) is -2.98. The van der Waals surface area contributed by atoms with Crippen LogP contribution < -0.4 is 15.2 Å². The molecule has 0 radical (unpaired) electrons. The minimum Gasteiger partial charge on any atom is -0.495 e. The first kappa shape index (κ1) is 14.6. The highest BCUT2D eigenvalue weighted by molar-refractivity contribution is 7.89. The zero-order valence-electron chi connectivity index (χ0n) is 9.28. The molecule has 102 valence electrons. The van der Waals surface area contributed by atoms with E-state index >= 15 is 0 Å². The van der Waals surface area contributed by atoms with Gasteiger partial charge in [-0.05, 0) is 12.1 Å². The molecule has 18 heavy (non-hydrogen) atoms. The van der Waals surface area contributed by atoms with Gasteiger partial charge in [-0.2, -0.15) is 13.2 Å². The molecule has 0 bridgehead atoms. The second-order valence-corrected chi connectivity index (χ2v) is 5.11. The lowest BCUT2D eigenvalue weighted by Gasteiger charge is -2.11. The third-order valence-corrected chi connectivity index (χ3v) is 3.38. The normalized spacial score (nSPS) is 12.4. The quantitative estimate of drug-likeness (QED) is 0.812. The Bertz CT molecular complexity index is 528. The first-order chi connectivity index (χ1) is 8.15. The summed E-state index contributed by atoms with van der Waals surface area (Å²) in [4.78, 5) is -0.349. The Morgan fingerprint density at radius 1 is 1.39 bits per heavy atom. The minimum absolute atomic E-state index is 0.0740. The van der Waals surface area contributed by atoms with Crippen molar-refractivity contribution in [3.8, 4) is 5.75 Å². The van der Waals surface area contributed by atoms with Crippen molar-refractivity contribution in [2.75, 3.05) is 19.4 Å². The lowest BCUT2D eigenvalue weighted by molar-refractivity contribution is -0.121. The molecule has 0 saturated carbocycles. The predicted octanol–water partition coefficient (Wildman–Crippen LogP) is 1.12. The molecule has 0 aromatic heterocycles. The minimum atomic E-state index is -4.62. The van der Waals surface area contributed by atoms with Crippen molar-refractivity contribution in [2.24, 2.45) is 0 Å². The fourth-order valence-electron chi connectivity index (χ4n) is 1.12. The summed E-state index contributed by atoms with van der Waals surface area (Å²) in [5.74, 6) is 0.0740. The van der Waals surface area contributed by atoms with Crippen LogP contribution in [0.2, 0.25) is 0 Å². The number of ether oxygens (including phenoxy) is 1. The topological polar surface area (TPSA) is 81.4 Å². The van der Waals surface area contributed by atoms with Gasteiger partial charge in [0.2, 0.25) is 10.0 Å². The zero-order chi connectivity index (χ0) is 14.0. The number of nitrogen functional groups attached to an aromatic ring is 1. The van der Waals surface area contributed by atoms with Crippen molar-refractivity contribution in [3.63, 3.8) is 0 Å². The summed E-state index contributed by atoms with van der Waals surface area (Å²) >= 11 is 0. The van der Waals surface area contributed by atoms with Gasteiger partial charge in [-0.25, -0.2) is 13.1 Å². The molecule has 0 amide bonds. The molecule has 0 fully saturated rings. The number of nitrogens with one attached hydrogen (secondary N) is 1. The number of sulfonamides is 1. The number of methoxy groups -OCH3 is 1. The van der Waals surface area contributed by atoms with Gasteiger partial charge in [0.25, 0.3) is 0 Å². The van der Waals surface area contributed by atoms with Gasteiger partial charge >= 0.3 is 6.18 Å². The molecular weight excluding hydrogens is 273 g/mol. The van der Waals surface area contributed by atoms with Crippen molar-refractivity contribution < 1.29 is 26.3 Å². The Hall–Kier alpha value is -1.48. The maximum absolute atomic E-state index is 11.9. The van der Waals surface area contributed by atoms with E-state index in [0.717, 1.165) is 12.1 Å². The average Bonchev–Trinajstić information content (AvgIpc) is 2.26. The molecule has 0 aliphatic rings. The molecule has 0 spiro atoms. The van der Waals surface area contributed by atoms with Crippen molar-refractivity contribution >= 4 is 15.7 Å². The van der Waals surface area contributed by atoms with Crippen LogP contribution in [0.15, 0.2) is 23.1 Å². The molecule has 1 rings (SSSR count). The molecule has 1 aromatic rings. The second-order valence-electron chi connectivity index (χ2n) is 3.34. The van der Waals surface area contributed by atoms with Gasteiger partial charge < -0.3 is 10.5 Å². The lowest BCUT2D eigenvalue weighted by atomic mass is 10.3. The van der Waals surface area contributed by atoms with Crippen LogP contribution >= 0.6 is 0 Å². The molecular formula is C9H11F3N2O3S. The van der Waals surface area contributed by atoms with Gasteiger partial charge in [-0.3, -0.25) is 0 Å². The van der Waals surface area contributed by atoms with Crippen LogP contribution in [0, 0.1) is 0 Å². The van der Waals surface area contributed by atoms with Gasteiger partial charge in [0.15, 0.2) is 0 Å². The first-order valence-corrected chi connectivity index (χ1v) is 6.14. The van der Waals surface area contributed by atoms with E-state index in [-0.39, 0.29) is 16.3 Å². The van der Waals surface area contributed by atoms with Crippen molar-refractivity contribution in [1.82, 2.24) is 4.72 Å². The summed E-state index contributed by atoms with van der Waals surface area (Å²) in [6.07, 6.45) is -4.62. The molecule has 9 heteroatoms. The first-order valence-electron chi connectivity index (χ1n) is 4.65. The van der Waals surface area contributed by atoms with Crippen LogP contribution in [-0.2, 0) is 10.0 Å². The molecule has 0 heterocycles. The number of benzene rings is 1. The highest BCUT2D eigenvalue weighted by Gasteiger charge is 2.30. The van der Waals surface area contributed by atoms with Crippen molar-refractivity contribution in [2.45, 2.75) is 11.1 Å². The van der Waals surface area contributed by atoms with Gasteiger partial charge in [0.05, 0.1) is 17.7 Å². The van der Waals surface area contributed by atoms with Crippen molar-refractivity contribution in [3.05, 3.63) is 18.2 Å². The summed E-state index contributed by atoms with van der Waals surface area (Å²) in [6.45, 7) is -1.64. The Morgan fingerprint density at radius 3 is 2.50 bits per heavy atom. The Balaban J connectivity index is 2.99. The summed E-state index contributed by atoms with van der Waals surface area (Å²) < 4.78 is 65.1. The van der Waals surface area contributed by atoms with Crippen LogP contribution in [0.3, 0.4) is 0 Å². The standard InChI is InChI=1S/C9H11F3N2O3S/c1-17-8-4-6(2-3-7(8)13)18(15,16)14-5-9(10,11)12/h2-4,14H,5,13H2,1H3. The number of anilines is 1. The van der Waals surface area contributed by atoms with Crippen LogP contribution in [0.25, 0.3) is 0 Å². The SMILES string of the molecule is COc1cc(S(=O)(=O)NCC(F)(F)F)ccc1N. The molecule has 0 unspecified atom stereocenters. The van der Waals surface area contributed by atoms with E-state index in [1.54, 1.807) is 0 Å². The number of halogens is 3. The number of hydrogen-bond donors (Lipinski definition) is 2. The number of rotatable bonds is 4. The average molecular weight is 284 g/mol. The third-order valence-electron chi connectivity index (χ3n) is 1.98. The lowest BCUT2D eigenvalue weighted by Crippen LogP contribution is -2.33. The molecule has 0 atom stereocenters. The monoisotopic (exact) mass is 284 g/mol. The predicted molar refractivity (Wildman–Crippen MR) is 58.6 cm³/mol. The van der Waals surface area contributed by atoms with Gasteiger partial charge in [0, 0.05) is 6.07 Å². The molecule has 1 aromatic carbocycles. The largest absolute Gasteiger partial charge is 0.495 e. The fraction of sp³-hybridized carbons (Fsp3) is 0.333. The molecule has 0 aliphatic carbocycles. The highest BCUT2D eigenvalue weighted by atomic mass is 32.2. The summed E-state index contributed by atoms with van der Waals surface area (Å²) in [5.41, 5.74) is 5.65. The number of alkyl halides is 3. The number of hydrogen-bond acceptors (Lipinski definition) is 4. The zero-order valence-corrected chi connectivity index (χ0v) is 10.1. The summed E-state index contributed by atoms with van der Waals surface area (Å²) in [6, 6.07) is 3.38. The smallest absolute Gasteiger partial charge is 0.402 e. The van der Waals surface area contributed by atoms with Gasteiger partial charge in [-0.15, -0.1) is 0 Å². The maximum Gasteiger partial charge on any atom is 0.402 e. The summed E-state index contributed by atoms with van der Waals surface area (Å²) in [5, 5.41) is 0. The highest BCUT2D eigenvalue weighted by Crippen LogP contribution is 2.25. The van der Waals surface area contributed by atoms with Gasteiger partial charge in [0.1, 0.15) is 12.3 Å².